The predicted octanol–water partition coefficient (Wildman–Crippen LogP) is 15.8. The minimum absolute atomic E-state index is 0. The second-order valence-electron chi connectivity index (χ2n) is 21.9. The van der Waals surface area contributed by atoms with E-state index in [0.717, 1.165) is 94.6 Å². The van der Waals surface area contributed by atoms with E-state index in [9.17, 15) is 5.11 Å². The predicted molar refractivity (Wildman–Crippen MR) is 275 cm³/mol. The molecule has 10 aromatic rings. The monoisotopic (exact) mass is 1080 g/mol. The van der Waals surface area contributed by atoms with Crippen LogP contribution in [0.1, 0.15) is 88.5 Å². The maximum atomic E-state index is 12.0. The molecule has 0 bridgehead atoms. The summed E-state index contributed by atoms with van der Waals surface area (Å²) in [5.74, 6) is 1.46. The van der Waals surface area contributed by atoms with Crippen LogP contribution in [0.3, 0.4) is 0 Å². The van der Waals surface area contributed by atoms with Crippen LogP contribution in [-0.4, -0.2) is 27.7 Å². The molecule has 4 aromatic heterocycles. The fourth-order valence-electron chi connectivity index (χ4n) is 10.4. The van der Waals surface area contributed by atoms with Crippen LogP contribution < -0.4 is 5.19 Å². The van der Waals surface area contributed by atoms with Gasteiger partial charge in [0.05, 0.1) is 47.2 Å². The number of rotatable bonds is 7. The molecular formula is C59H58N3O3PtSi-. The van der Waals surface area contributed by atoms with Gasteiger partial charge in [0, 0.05) is 32.0 Å². The Bertz CT molecular complexity index is 3430. The van der Waals surface area contributed by atoms with E-state index in [1.54, 1.807) is 0 Å². The zero-order valence-electron chi connectivity index (χ0n) is 40.2. The van der Waals surface area contributed by atoms with Crippen molar-refractivity contribution in [1.29, 1.82) is 0 Å². The number of phenolic OH excluding ortho intramolecular Hbond substituents is 1. The fraction of sp³-hybridized carbons (Fsp3) is 0.288. The maximum absolute atomic E-state index is 12.0. The Kier molecular flexibility index (Phi) is 10.9. The number of para-hydroxylation sites is 2. The van der Waals surface area contributed by atoms with E-state index in [1.165, 1.54) is 36.4 Å². The molecule has 6 nitrogen and oxygen atoms in total. The molecule has 0 unspecified atom stereocenters. The van der Waals surface area contributed by atoms with Crippen molar-refractivity contribution in [1.82, 2.24) is 14.5 Å². The third-order valence-corrected chi connectivity index (χ3v) is 16.5. The topological polar surface area (TPSA) is 77.2 Å². The summed E-state index contributed by atoms with van der Waals surface area (Å²) in [4.78, 5) is 10.9. The first-order chi connectivity index (χ1) is 31.4. The molecule has 11 rings (SSSR count). The van der Waals surface area contributed by atoms with Crippen LogP contribution in [0.15, 0.2) is 118 Å². The number of hydrogen-bond acceptors (Lipinski definition) is 5. The molecule has 0 aliphatic heterocycles. The number of phenols is 1. The van der Waals surface area contributed by atoms with Gasteiger partial charge in [-0.3, -0.25) is 9.55 Å². The van der Waals surface area contributed by atoms with Gasteiger partial charge in [0.25, 0.3) is 0 Å². The second-order valence-corrected chi connectivity index (χ2v) is 27.0. The zero-order chi connectivity index (χ0) is 46.0. The average molecular weight is 1080 g/mol. The molecule has 1 fully saturated rings. The number of hydrogen-bond donors (Lipinski definition) is 1. The molecule has 0 spiro atoms. The average Bonchev–Trinajstić information content (AvgIpc) is 3.97. The van der Waals surface area contributed by atoms with Crippen LogP contribution in [0, 0.1) is 25.3 Å². The summed E-state index contributed by atoms with van der Waals surface area (Å²) >= 11 is 0. The van der Waals surface area contributed by atoms with Crippen molar-refractivity contribution in [2.45, 2.75) is 105 Å². The molecule has 0 amide bonds. The second kappa shape index (κ2) is 16.2. The van der Waals surface area contributed by atoms with Crippen LogP contribution in [0.25, 0.3) is 94.9 Å². The van der Waals surface area contributed by atoms with E-state index in [2.05, 4.69) is 176 Å². The Hall–Kier alpha value is -5.75. The zero-order valence-corrected chi connectivity index (χ0v) is 43.5. The molecule has 1 aliphatic rings. The molecule has 67 heavy (non-hydrogen) atoms. The van der Waals surface area contributed by atoms with Crippen LogP contribution in [0.5, 0.6) is 5.75 Å². The first-order valence-electron chi connectivity index (χ1n) is 23.6. The van der Waals surface area contributed by atoms with Gasteiger partial charge in [-0.25, -0.2) is 4.98 Å². The van der Waals surface area contributed by atoms with Crippen LogP contribution in [0.2, 0.25) is 19.6 Å². The van der Waals surface area contributed by atoms with Gasteiger partial charge in [0.2, 0.25) is 0 Å². The number of aromatic hydroxyl groups is 1. The molecule has 0 saturated heterocycles. The van der Waals surface area contributed by atoms with E-state index in [-0.39, 0.29) is 32.2 Å². The van der Waals surface area contributed by atoms with Crippen molar-refractivity contribution < 1.29 is 35.0 Å². The van der Waals surface area contributed by atoms with Crippen LogP contribution >= 0.6 is 0 Å². The van der Waals surface area contributed by atoms with Crippen molar-refractivity contribution in [3.05, 3.63) is 138 Å². The first kappa shape index (κ1) is 45.0. The Morgan fingerprint density at radius 1 is 0.716 bits per heavy atom. The fourth-order valence-corrected chi connectivity index (χ4v) is 11.5. The molecule has 0 atom stereocenters. The Morgan fingerprint density at radius 3 is 2.03 bits per heavy atom. The molecule has 1 aliphatic carbocycles. The largest absolute Gasteiger partial charge is 0.507 e. The molecule has 4 heterocycles. The molecule has 1 N–H and O–H groups in total. The van der Waals surface area contributed by atoms with E-state index in [0.29, 0.717) is 28.3 Å². The summed E-state index contributed by atoms with van der Waals surface area (Å²) < 4.78 is 15.4. The number of furan rings is 2. The number of benzene rings is 6. The smallest absolute Gasteiger partial charge is 0.149 e. The number of aromatic nitrogens is 3. The van der Waals surface area contributed by atoms with Crippen molar-refractivity contribution in [3.8, 4) is 56.5 Å². The van der Waals surface area contributed by atoms with Gasteiger partial charge in [0.15, 0.2) is 0 Å². The Labute approximate surface area is 409 Å². The van der Waals surface area contributed by atoms with Gasteiger partial charge in [-0.1, -0.05) is 138 Å². The SMILES string of the molecule is Cc1cccc(C)c1-n1c(-c2ccc(-c3ccc(C4CCC(C)(C)CC4)cc3)cc2O)nc2c(-c3cc(C(C)(C)C)cc(-c4[c-]c5oc6cc([Si](C)(C)C)cc7oc(c4)c5c67)n3)cccc21.[Pt]. The van der Waals surface area contributed by atoms with E-state index in [1.807, 2.05) is 12.1 Å². The minimum Gasteiger partial charge on any atom is -0.507 e. The number of nitrogens with zero attached hydrogens (tertiary/aromatic N) is 3. The third kappa shape index (κ3) is 7.86. The molecule has 0 radical (unpaired) electrons. The quantitative estimate of drug-likeness (QED) is 0.127. The third-order valence-electron chi connectivity index (χ3n) is 14.5. The number of fused-ring (bicyclic) bond motifs is 1. The van der Waals surface area contributed by atoms with E-state index >= 15 is 0 Å². The first-order valence-corrected chi connectivity index (χ1v) is 27.1. The van der Waals surface area contributed by atoms with Crippen molar-refractivity contribution in [3.63, 3.8) is 0 Å². The summed E-state index contributed by atoms with van der Waals surface area (Å²) in [6.07, 6.45) is 5.00. The Morgan fingerprint density at radius 2 is 1.36 bits per heavy atom. The maximum Gasteiger partial charge on any atom is 0.149 e. The van der Waals surface area contributed by atoms with Gasteiger partial charge in [0.1, 0.15) is 22.7 Å². The molecule has 1 saturated carbocycles. The summed E-state index contributed by atoms with van der Waals surface area (Å²) in [7, 11) is -1.62. The number of pyridine rings is 1. The van der Waals surface area contributed by atoms with Gasteiger partial charge < -0.3 is 13.9 Å². The van der Waals surface area contributed by atoms with Crippen molar-refractivity contribution in [2.75, 3.05) is 0 Å². The van der Waals surface area contributed by atoms with Gasteiger partial charge in [-0.05, 0) is 137 Å². The standard InChI is InChI=1S/C59H58N3O3Si.Pt/c1-34-13-11-14-35(2)56(34)62-47-16-12-15-43(55(47)61-57(62)44-22-21-39(27-48(44)63)37-19-17-36(18-20-37)38-23-25-59(6,7)26-24-38)46-31-41(58(3,4)5)30-45(60-46)40-28-49-53-50(29-40)65-52-33-42(66(8,9)10)32-51(64-49)54(52)53;/h11-22,27-28,30-33,38,63H,23-26H2,1-10H3;/q-1;. The molecule has 6 aromatic carbocycles. The molecule has 342 valence electrons. The number of aryl methyl sites for hydroxylation is 2. The minimum atomic E-state index is -1.62. The van der Waals surface area contributed by atoms with Crippen LogP contribution in [-0.2, 0) is 26.5 Å². The molecular weight excluding hydrogens is 1020 g/mol. The summed E-state index contributed by atoms with van der Waals surface area (Å²) in [5, 5.41) is 15.3. The van der Waals surface area contributed by atoms with E-state index < -0.39 is 8.07 Å². The van der Waals surface area contributed by atoms with Gasteiger partial charge in [-0.2, -0.15) is 0 Å². The van der Waals surface area contributed by atoms with Gasteiger partial charge >= 0.3 is 0 Å². The van der Waals surface area contributed by atoms with Gasteiger partial charge in [-0.15, -0.1) is 5.56 Å². The van der Waals surface area contributed by atoms with Crippen molar-refractivity contribution in [2.24, 2.45) is 5.41 Å². The van der Waals surface area contributed by atoms with E-state index in [4.69, 9.17) is 18.8 Å². The van der Waals surface area contributed by atoms with Crippen molar-refractivity contribution >= 4 is 57.4 Å². The summed E-state index contributed by atoms with van der Waals surface area (Å²) in [5.41, 5.74) is 17.0. The summed E-state index contributed by atoms with van der Waals surface area (Å²) in [6, 6.07) is 42.2. The Balaban J connectivity index is 0.00000525. The number of imidazole rings is 1. The summed E-state index contributed by atoms with van der Waals surface area (Å²) in [6.45, 7) is 22.8. The van der Waals surface area contributed by atoms with Crippen LogP contribution in [0.4, 0.5) is 0 Å². The molecule has 8 heteroatoms. The normalized spacial score (nSPS) is 14.8.